The van der Waals surface area contributed by atoms with Gasteiger partial charge in [0.1, 0.15) is 0 Å². The highest BCUT2D eigenvalue weighted by atomic mass is 35.5. The van der Waals surface area contributed by atoms with E-state index in [9.17, 15) is 9.59 Å². The van der Waals surface area contributed by atoms with Crippen molar-refractivity contribution >= 4 is 29.3 Å². The summed E-state index contributed by atoms with van der Waals surface area (Å²) in [5.74, 6) is -0.525. The molecule has 0 saturated heterocycles. The Hall–Kier alpha value is -1.79. The van der Waals surface area contributed by atoms with Gasteiger partial charge in [-0.3, -0.25) is 0 Å². The molecule has 0 unspecified atom stereocenters. The number of rotatable bonds is 6. The summed E-state index contributed by atoms with van der Waals surface area (Å²) < 4.78 is 9.87. The van der Waals surface area contributed by atoms with E-state index < -0.39 is 5.97 Å². The number of benzene rings is 1. The quantitative estimate of drug-likeness (QED) is 0.787. The lowest BCUT2D eigenvalue weighted by Crippen LogP contribution is -2.34. The number of anilines is 1. The van der Waals surface area contributed by atoms with Crippen molar-refractivity contribution in [2.75, 3.05) is 26.1 Å². The third kappa shape index (κ3) is 5.54. The number of ether oxygens (including phenoxy) is 2. The molecular formula is C15H21ClN2O4. The van der Waals surface area contributed by atoms with Crippen molar-refractivity contribution in [2.45, 2.75) is 25.9 Å². The normalized spacial score (nSPS) is 11.0. The van der Waals surface area contributed by atoms with E-state index in [-0.39, 0.29) is 22.2 Å². The predicted molar refractivity (Wildman–Crippen MR) is 85.5 cm³/mol. The van der Waals surface area contributed by atoms with Crippen LogP contribution in [0, 0.1) is 0 Å². The summed E-state index contributed by atoms with van der Waals surface area (Å²) in [5, 5.41) is 5.58. The van der Waals surface area contributed by atoms with E-state index in [4.69, 9.17) is 16.3 Å². The molecule has 7 heteroatoms. The Morgan fingerprint density at radius 1 is 1.27 bits per heavy atom. The van der Waals surface area contributed by atoms with Gasteiger partial charge in [0.05, 0.1) is 23.3 Å². The molecule has 0 bridgehead atoms. The second-order valence-corrected chi connectivity index (χ2v) is 5.69. The van der Waals surface area contributed by atoms with E-state index in [0.29, 0.717) is 18.7 Å². The maximum atomic E-state index is 11.8. The molecule has 1 aromatic rings. The first kappa shape index (κ1) is 18.3. The standard InChI is InChI=1S/C15H21ClN2O4/c1-15(2,22-4)7-8-17-14(20)18-10-5-6-11(12(16)9-10)13(19)21-3/h5-6,9H,7-8H2,1-4H3,(H2,17,18,20). The first-order valence-corrected chi connectivity index (χ1v) is 7.15. The lowest BCUT2D eigenvalue weighted by atomic mass is 10.1. The Labute approximate surface area is 135 Å². The smallest absolute Gasteiger partial charge is 0.339 e. The van der Waals surface area contributed by atoms with E-state index in [1.54, 1.807) is 13.2 Å². The molecular weight excluding hydrogens is 308 g/mol. The van der Waals surface area contributed by atoms with Crippen LogP contribution in [0.15, 0.2) is 18.2 Å². The van der Waals surface area contributed by atoms with Gasteiger partial charge in [-0.15, -0.1) is 0 Å². The van der Waals surface area contributed by atoms with Gasteiger partial charge in [-0.25, -0.2) is 9.59 Å². The van der Waals surface area contributed by atoms with Gasteiger partial charge < -0.3 is 20.1 Å². The van der Waals surface area contributed by atoms with Crippen LogP contribution in [-0.4, -0.2) is 38.4 Å². The maximum Gasteiger partial charge on any atom is 0.339 e. The van der Waals surface area contributed by atoms with Crippen molar-refractivity contribution in [1.82, 2.24) is 5.32 Å². The molecule has 0 aliphatic carbocycles. The average Bonchev–Trinajstić information content (AvgIpc) is 2.46. The molecule has 0 heterocycles. The molecule has 2 amide bonds. The van der Waals surface area contributed by atoms with E-state index in [1.807, 2.05) is 13.8 Å². The van der Waals surface area contributed by atoms with E-state index in [0.717, 1.165) is 0 Å². The Morgan fingerprint density at radius 2 is 1.95 bits per heavy atom. The summed E-state index contributed by atoms with van der Waals surface area (Å²) >= 11 is 5.98. The number of amides is 2. The number of halogens is 1. The van der Waals surface area contributed by atoms with Crippen LogP contribution >= 0.6 is 11.6 Å². The van der Waals surface area contributed by atoms with Crippen molar-refractivity contribution < 1.29 is 19.1 Å². The molecule has 6 nitrogen and oxygen atoms in total. The van der Waals surface area contributed by atoms with Gasteiger partial charge in [0.15, 0.2) is 0 Å². The van der Waals surface area contributed by atoms with Crippen LogP contribution in [-0.2, 0) is 9.47 Å². The highest BCUT2D eigenvalue weighted by Gasteiger charge is 2.16. The summed E-state index contributed by atoms with van der Waals surface area (Å²) in [5.41, 5.74) is 0.441. The first-order valence-electron chi connectivity index (χ1n) is 6.77. The monoisotopic (exact) mass is 328 g/mol. The SMILES string of the molecule is COC(=O)c1ccc(NC(=O)NCCC(C)(C)OC)cc1Cl. The molecule has 0 atom stereocenters. The van der Waals surface area contributed by atoms with E-state index in [2.05, 4.69) is 15.4 Å². The third-order valence-corrected chi connectivity index (χ3v) is 3.51. The van der Waals surface area contributed by atoms with Gasteiger partial charge in [-0.05, 0) is 38.5 Å². The van der Waals surface area contributed by atoms with Gasteiger partial charge in [0.25, 0.3) is 0 Å². The number of hydrogen-bond acceptors (Lipinski definition) is 4. The second kappa shape index (κ2) is 8.00. The molecule has 0 aliphatic rings. The number of carbonyl (C=O) groups is 2. The van der Waals surface area contributed by atoms with Crippen LogP contribution in [0.2, 0.25) is 5.02 Å². The molecule has 0 radical (unpaired) electrons. The minimum Gasteiger partial charge on any atom is -0.465 e. The van der Waals surface area contributed by atoms with Gasteiger partial charge >= 0.3 is 12.0 Å². The van der Waals surface area contributed by atoms with Gasteiger partial charge in [0, 0.05) is 19.3 Å². The predicted octanol–water partition coefficient (Wildman–Crippen LogP) is 3.06. The zero-order valence-corrected chi connectivity index (χ0v) is 13.9. The minimum atomic E-state index is -0.525. The number of methoxy groups -OCH3 is 2. The number of hydrogen-bond donors (Lipinski definition) is 2. The molecule has 0 spiro atoms. The summed E-state index contributed by atoms with van der Waals surface area (Å²) in [6, 6.07) is 4.22. The van der Waals surface area contributed by atoms with Gasteiger partial charge in [0.2, 0.25) is 0 Å². The second-order valence-electron chi connectivity index (χ2n) is 5.28. The molecule has 1 rings (SSSR count). The third-order valence-electron chi connectivity index (χ3n) is 3.20. The lowest BCUT2D eigenvalue weighted by molar-refractivity contribution is 0.0165. The molecule has 0 aromatic heterocycles. The molecule has 0 fully saturated rings. The molecule has 1 aromatic carbocycles. The molecule has 2 N–H and O–H groups in total. The van der Waals surface area contributed by atoms with Crippen molar-refractivity contribution in [3.63, 3.8) is 0 Å². The average molecular weight is 329 g/mol. The molecule has 0 saturated carbocycles. The highest BCUT2D eigenvalue weighted by Crippen LogP contribution is 2.21. The first-order chi connectivity index (χ1) is 10.3. The Balaban J connectivity index is 2.55. The Bertz CT molecular complexity index is 546. The maximum absolute atomic E-state index is 11.8. The minimum absolute atomic E-state index is 0.213. The fourth-order valence-corrected chi connectivity index (χ4v) is 1.88. The van der Waals surface area contributed by atoms with Crippen LogP contribution in [0.5, 0.6) is 0 Å². The number of carbonyl (C=O) groups excluding carboxylic acids is 2. The van der Waals surface area contributed by atoms with Crippen molar-refractivity contribution in [1.29, 1.82) is 0 Å². The van der Waals surface area contributed by atoms with Crippen LogP contribution in [0.3, 0.4) is 0 Å². The van der Waals surface area contributed by atoms with Gasteiger partial charge in [-0.1, -0.05) is 11.6 Å². The van der Waals surface area contributed by atoms with E-state index >= 15 is 0 Å². The molecule has 22 heavy (non-hydrogen) atoms. The summed E-state index contributed by atoms with van der Waals surface area (Å²) in [6.07, 6.45) is 0.680. The van der Waals surface area contributed by atoms with Crippen LogP contribution in [0.4, 0.5) is 10.5 Å². The zero-order valence-electron chi connectivity index (χ0n) is 13.2. The number of esters is 1. The van der Waals surface area contributed by atoms with Crippen LogP contribution in [0.1, 0.15) is 30.6 Å². The molecule has 0 aliphatic heterocycles. The zero-order chi connectivity index (χ0) is 16.8. The van der Waals surface area contributed by atoms with Crippen molar-refractivity contribution in [3.8, 4) is 0 Å². The topological polar surface area (TPSA) is 76.7 Å². The van der Waals surface area contributed by atoms with Crippen molar-refractivity contribution in [3.05, 3.63) is 28.8 Å². The lowest BCUT2D eigenvalue weighted by Gasteiger charge is -2.22. The summed E-state index contributed by atoms with van der Waals surface area (Å²) in [6.45, 7) is 4.36. The Morgan fingerprint density at radius 3 is 2.50 bits per heavy atom. The molecule has 122 valence electrons. The summed E-state index contributed by atoms with van der Waals surface area (Å²) in [7, 11) is 2.91. The number of urea groups is 1. The van der Waals surface area contributed by atoms with Crippen LogP contribution < -0.4 is 10.6 Å². The fourth-order valence-electron chi connectivity index (χ4n) is 1.62. The van der Waals surface area contributed by atoms with Crippen molar-refractivity contribution in [2.24, 2.45) is 0 Å². The van der Waals surface area contributed by atoms with Gasteiger partial charge in [-0.2, -0.15) is 0 Å². The fraction of sp³-hybridized carbons (Fsp3) is 0.467. The highest BCUT2D eigenvalue weighted by molar-refractivity contribution is 6.33. The van der Waals surface area contributed by atoms with E-state index in [1.165, 1.54) is 19.2 Å². The summed E-state index contributed by atoms with van der Waals surface area (Å²) in [4.78, 5) is 23.2. The number of nitrogens with one attached hydrogen (secondary N) is 2. The van der Waals surface area contributed by atoms with Crippen LogP contribution in [0.25, 0.3) is 0 Å². The Kier molecular flexibility index (Phi) is 6.64. The largest absolute Gasteiger partial charge is 0.465 e.